The molecule has 0 radical (unpaired) electrons. The Kier molecular flexibility index (Phi) is 7.07. The predicted molar refractivity (Wildman–Crippen MR) is 119 cm³/mol. The molecule has 0 spiro atoms. The number of benzene rings is 2. The molecule has 2 aliphatic heterocycles. The molecule has 2 fully saturated rings. The van der Waals surface area contributed by atoms with Crippen molar-refractivity contribution in [3.05, 3.63) is 54.3 Å². The summed E-state index contributed by atoms with van der Waals surface area (Å²) in [6.45, 7) is 5.65. The average molecular weight is 427 g/mol. The highest BCUT2D eigenvalue weighted by molar-refractivity contribution is 5.96. The van der Waals surface area contributed by atoms with Gasteiger partial charge in [-0.15, -0.1) is 0 Å². The number of hydrogen-bond donors (Lipinski definition) is 0. The molecule has 166 valence electrons. The Morgan fingerprint density at radius 2 is 1.71 bits per heavy atom. The Bertz CT molecular complexity index is 856. The highest BCUT2D eigenvalue weighted by Gasteiger charge is 2.32. The largest absolute Gasteiger partial charge is 0.494 e. The van der Waals surface area contributed by atoms with Gasteiger partial charge < -0.3 is 19.3 Å². The summed E-state index contributed by atoms with van der Waals surface area (Å²) in [5, 5.41) is 0. The Labute approximate surface area is 183 Å². The molecule has 2 aromatic carbocycles. The number of ether oxygens (including phenoxy) is 2. The monoisotopic (exact) mass is 426 g/mol. The van der Waals surface area contributed by atoms with E-state index < -0.39 is 0 Å². The maximum absolute atomic E-state index is 13.1. The summed E-state index contributed by atoms with van der Waals surface area (Å²) < 4.78 is 24.8. The van der Waals surface area contributed by atoms with Crippen LogP contribution in [0, 0.1) is 5.82 Å². The van der Waals surface area contributed by atoms with Gasteiger partial charge in [0.25, 0.3) is 0 Å². The van der Waals surface area contributed by atoms with Crippen LogP contribution in [0.3, 0.4) is 0 Å². The zero-order valence-corrected chi connectivity index (χ0v) is 18.1. The standard InChI is InChI=1S/C25H31FN2O3/c1-19-4-2-15-27(19)16-3-17-30-23-12-7-21(8-13-23)28-22(9-14-25(28)29)18-31-24-10-5-20(26)6-11-24/h5-8,10-13,19,22H,2-4,9,14-18H2,1H3/t19?,22-/m0/s1. The van der Waals surface area contributed by atoms with Crippen molar-refractivity contribution in [1.82, 2.24) is 4.90 Å². The van der Waals surface area contributed by atoms with Crippen LogP contribution >= 0.6 is 0 Å². The Morgan fingerprint density at radius 1 is 1.00 bits per heavy atom. The zero-order valence-electron chi connectivity index (χ0n) is 18.1. The van der Waals surface area contributed by atoms with Gasteiger partial charge in [-0.2, -0.15) is 0 Å². The molecular formula is C25H31FN2O3. The van der Waals surface area contributed by atoms with Gasteiger partial charge in [-0.3, -0.25) is 4.79 Å². The molecule has 4 rings (SSSR count). The van der Waals surface area contributed by atoms with Crippen LogP contribution in [-0.4, -0.2) is 49.2 Å². The second-order valence-electron chi connectivity index (χ2n) is 8.44. The zero-order chi connectivity index (χ0) is 21.6. The summed E-state index contributed by atoms with van der Waals surface area (Å²) in [4.78, 5) is 16.8. The van der Waals surface area contributed by atoms with Gasteiger partial charge in [-0.25, -0.2) is 4.39 Å². The molecule has 6 heteroatoms. The van der Waals surface area contributed by atoms with Crippen LogP contribution in [0.25, 0.3) is 0 Å². The van der Waals surface area contributed by atoms with E-state index in [1.807, 2.05) is 29.2 Å². The van der Waals surface area contributed by atoms with Crippen LogP contribution in [0.4, 0.5) is 10.1 Å². The molecule has 1 amide bonds. The number of anilines is 1. The van der Waals surface area contributed by atoms with Gasteiger partial charge in [0.2, 0.25) is 5.91 Å². The molecule has 1 unspecified atom stereocenters. The minimum absolute atomic E-state index is 0.0354. The topological polar surface area (TPSA) is 42.0 Å². The van der Waals surface area contributed by atoms with E-state index >= 15 is 0 Å². The highest BCUT2D eigenvalue weighted by atomic mass is 19.1. The van der Waals surface area contributed by atoms with Crippen LogP contribution in [-0.2, 0) is 4.79 Å². The number of rotatable bonds is 9. The second kappa shape index (κ2) is 10.1. The first-order chi connectivity index (χ1) is 15.1. The van der Waals surface area contributed by atoms with Crippen LogP contribution in [0.1, 0.15) is 39.0 Å². The van der Waals surface area contributed by atoms with E-state index in [4.69, 9.17) is 9.47 Å². The normalized spacial score (nSPS) is 21.6. The van der Waals surface area contributed by atoms with Crippen molar-refractivity contribution in [2.45, 2.75) is 51.1 Å². The number of carbonyl (C=O) groups is 1. The predicted octanol–water partition coefficient (Wildman–Crippen LogP) is 4.65. The molecule has 31 heavy (non-hydrogen) atoms. The van der Waals surface area contributed by atoms with Gasteiger partial charge >= 0.3 is 0 Å². The van der Waals surface area contributed by atoms with Crippen molar-refractivity contribution in [2.24, 2.45) is 0 Å². The van der Waals surface area contributed by atoms with Crippen molar-refractivity contribution in [3.8, 4) is 11.5 Å². The molecule has 2 heterocycles. The first-order valence-electron chi connectivity index (χ1n) is 11.3. The van der Waals surface area contributed by atoms with Crippen molar-refractivity contribution in [2.75, 3.05) is 31.2 Å². The van der Waals surface area contributed by atoms with Gasteiger partial charge in [0, 0.05) is 24.7 Å². The Hall–Kier alpha value is -2.60. The molecule has 0 aromatic heterocycles. The van der Waals surface area contributed by atoms with Crippen LogP contribution in [0.15, 0.2) is 48.5 Å². The highest BCUT2D eigenvalue weighted by Crippen LogP contribution is 2.29. The van der Waals surface area contributed by atoms with E-state index in [9.17, 15) is 9.18 Å². The molecule has 2 aliphatic rings. The summed E-state index contributed by atoms with van der Waals surface area (Å²) in [6, 6.07) is 14.3. The smallest absolute Gasteiger partial charge is 0.227 e. The molecular weight excluding hydrogens is 395 g/mol. The van der Waals surface area contributed by atoms with Crippen LogP contribution in [0.5, 0.6) is 11.5 Å². The van der Waals surface area contributed by atoms with Crippen molar-refractivity contribution in [1.29, 1.82) is 0 Å². The number of carbonyl (C=O) groups excluding carboxylic acids is 1. The first-order valence-corrected chi connectivity index (χ1v) is 11.3. The summed E-state index contributed by atoms with van der Waals surface area (Å²) in [5.74, 6) is 1.23. The molecule has 0 saturated carbocycles. The van der Waals surface area contributed by atoms with Gasteiger partial charge in [0.05, 0.1) is 12.6 Å². The van der Waals surface area contributed by atoms with E-state index in [-0.39, 0.29) is 17.8 Å². The maximum atomic E-state index is 13.1. The lowest BCUT2D eigenvalue weighted by molar-refractivity contribution is -0.117. The molecule has 2 aromatic rings. The number of likely N-dealkylation sites (tertiary alicyclic amines) is 1. The summed E-state index contributed by atoms with van der Waals surface area (Å²) in [5.41, 5.74) is 0.855. The lowest BCUT2D eigenvalue weighted by atomic mass is 10.2. The van der Waals surface area contributed by atoms with Gasteiger partial charge in [-0.1, -0.05) is 0 Å². The second-order valence-corrected chi connectivity index (χ2v) is 8.44. The quantitative estimate of drug-likeness (QED) is 0.547. The fourth-order valence-electron chi connectivity index (χ4n) is 4.46. The minimum Gasteiger partial charge on any atom is -0.494 e. The summed E-state index contributed by atoms with van der Waals surface area (Å²) >= 11 is 0. The molecule has 2 saturated heterocycles. The summed E-state index contributed by atoms with van der Waals surface area (Å²) in [7, 11) is 0. The van der Waals surface area contributed by atoms with E-state index in [1.165, 1.54) is 31.5 Å². The molecule has 0 bridgehead atoms. The molecule has 0 aliphatic carbocycles. The van der Waals surface area contributed by atoms with Gasteiger partial charge in [0.1, 0.15) is 23.9 Å². The Morgan fingerprint density at radius 3 is 2.42 bits per heavy atom. The summed E-state index contributed by atoms with van der Waals surface area (Å²) in [6.07, 6.45) is 4.86. The van der Waals surface area contributed by atoms with Crippen molar-refractivity contribution < 1.29 is 18.7 Å². The average Bonchev–Trinajstić information content (AvgIpc) is 3.36. The van der Waals surface area contributed by atoms with E-state index in [2.05, 4.69) is 11.8 Å². The number of nitrogens with zero attached hydrogens (tertiary/aromatic N) is 2. The SMILES string of the molecule is CC1CCCN1CCCOc1ccc(N2C(=O)CC[C@H]2COc2ccc(F)cc2)cc1. The lowest BCUT2D eigenvalue weighted by Crippen LogP contribution is -2.37. The molecule has 5 nitrogen and oxygen atoms in total. The van der Waals surface area contributed by atoms with E-state index in [1.54, 1.807) is 12.1 Å². The third-order valence-electron chi connectivity index (χ3n) is 6.25. The third kappa shape index (κ3) is 5.56. The number of hydrogen-bond acceptors (Lipinski definition) is 4. The first kappa shape index (κ1) is 21.6. The van der Waals surface area contributed by atoms with Crippen LogP contribution in [0.2, 0.25) is 0 Å². The number of amides is 1. The molecule has 0 N–H and O–H groups in total. The third-order valence-corrected chi connectivity index (χ3v) is 6.25. The van der Waals surface area contributed by atoms with E-state index in [0.717, 1.165) is 30.8 Å². The fraction of sp³-hybridized carbons (Fsp3) is 0.480. The number of halogens is 1. The fourth-order valence-corrected chi connectivity index (χ4v) is 4.46. The van der Waals surface area contributed by atoms with Crippen molar-refractivity contribution in [3.63, 3.8) is 0 Å². The Balaban J connectivity index is 1.28. The maximum Gasteiger partial charge on any atom is 0.227 e. The van der Waals surface area contributed by atoms with Crippen molar-refractivity contribution >= 4 is 11.6 Å². The molecule has 2 atom stereocenters. The van der Waals surface area contributed by atoms with E-state index in [0.29, 0.717) is 31.4 Å². The minimum atomic E-state index is -0.294. The van der Waals surface area contributed by atoms with Gasteiger partial charge in [-0.05, 0) is 87.7 Å². The lowest BCUT2D eigenvalue weighted by Gasteiger charge is -2.25. The van der Waals surface area contributed by atoms with Gasteiger partial charge in [0.15, 0.2) is 0 Å². The van der Waals surface area contributed by atoms with Crippen LogP contribution < -0.4 is 14.4 Å².